The average molecular weight is 267 g/mol. The predicted octanol–water partition coefficient (Wildman–Crippen LogP) is 3.18. The average Bonchev–Trinajstić information content (AvgIpc) is 2.41. The molecule has 1 amide bonds. The molecule has 1 aliphatic heterocycles. The van der Waals surface area contributed by atoms with E-state index >= 15 is 0 Å². The van der Waals surface area contributed by atoms with Crippen LogP contribution in [0.3, 0.4) is 0 Å². The highest BCUT2D eigenvalue weighted by Gasteiger charge is 2.23. The fraction of sp³-hybridized carbons (Fsp3) is 0.500. The minimum atomic E-state index is 0.0662. The minimum absolute atomic E-state index is 0.0662. The Hall–Kier alpha value is -1.22. The van der Waals surface area contributed by atoms with Crippen LogP contribution in [-0.2, 0) is 0 Å². The zero-order valence-corrected chi connectivity index (χ0v) is 11.4. The second-order valence-corrected chi connectivity index (χ2v) is 5.31. The molecule has 0 saturated carbocycles. The molecule has 98 valence electrons. The summed E-state index contributed by atoms with van der Waals surface area (Å²) in [7, 11) is 0. The summed E-state index contributed by atoms with van der Waals surface area (Å²) in [6, 6.07) is 5.10. The van der Waals surface area contributed by atoms with Crippen molar-refractivity contribution < 1.29 is 4.79 Å². The van der Waals surface area contributed by atoms with Crippen molar-refractivity contribution in [2.24, 2.45) is 5.92 Å². The lowest BCUT2D eigenvalue weighted by molar-refractivity contribution is 0.0671. The van der Waals surface area contributed by atoms with Gasteiger partial charge in [0.2, 0.25) is 0 Å². The number of benzene rings is 1. The van der Waals surface area contributed by atoms with E-state index in [4.69, 9.17) is 17.3 Å². The predicted molar refractivity (Wildman–Crippen MR) is 74.8 cm³/mol. The molecule has 3 nitrogen and oxygen atoms in total. The first kappa shape index (κ1) is 13.2. The van der Waals surface area contributed by atoms with E-state index in [1.807, 2.05) is 4.90 Å². The summed E-state index contributed by atoms with van der Waals surface area (Å²) in [5.41, 5.74) is 6.84. The summed E-state index contributed by atoms with van der Waals surface area (Å²) in [5.74, 6) is 0.698. The van der Waals surface area contributed by atoms with E-state index in [0.717, 1.165) is 25.9 Å². The lowest BCUT2D eigenvalue weighted by Crippen LogP contribution is -2.39. The quantitative estimate of drug-likeness (QED) is 0.836. The molecule has 1 atom stereocenters. The summed E-state index contributed by atoms with van der Waals surface area (Å²) < 4.78 is 0. The van der Waals surface area contributed by atoms with Gasteiger partial charge in [-0.25, -0.2) is 0 Å². The number of amides is 1. The third kappa shape index (κ3) is 2.78. The van der Waals surface area contributed by atoms with E-state index < -0.39 is 0 Å². The van der Waals surface area contributed by atoms with Crippen molar-refractivity contribution in [2.75, 3.05) is 18.8 Å². The highest BCUT2D eigenvalue weighted by molar-refractivity contribution is 6.33. The van der Waals surface area contributed by atoms with Crippen molar-refractivity contribution in [3.8, 4) is 0 Å². The summed E-state index contributed by atoms with van der Waals surface area (Å²) in [5, 5.41) is 0.497. The highest BCUT2D eigenvalue weighted by Crippen LogP contribution is 2.23. The van der Waals surface area contributed by atoms with Gasteiger partial charge in [-0.1, -0.05) is 24.9 Å². The Balaban J connectivity index is 2.12. The first-order valence-corrected chi connectivity index (χ1v) is 6.84. The van der Waals surface area contributed by atoms with Crippen molar-refractivity contribution >= 4 is 23.2 Å². The molecule has 18 heavy (non-hydrogen) atoms. The van der Waals surface area contributed by atoms with Crippen LogP contribution in [0.15, 0.2) is 18.2 Å². The summed E-state index contributed by atoms with van der Waals surface area (Å²) in [6.07, 6.45) is 3.45. The zero-order chi connectivity index (χ0) is 13.1. The van der Waals surface area contributed by atoms with Gasteiger partial charge in [0, 0.05) is 18.7 Å². The molecule has 1 fully saturated rings. The Bertz CT molecular complexity index is 447. The van der Waals surface area contributed by atoms with Crippen LogP contribution in [0, 0.1) is 5.92 Å². The second-order valence-electron chi connectivity index (χ2n) is 4.90. The summed E-state index contributed by atoms with van der Waals surface area (Å²) >= 11 is 5.87. The Morgan fingerprint density at radius 1 is 1.56 bits per heavy atom. The third-order valence-electron chi connectivity index (χ3n) is 3.63. The molecule has 0 aliphatic carbocycles. The maximum absolute atomic E-state index is 12.4. The Morgan fingerprint density at radius 2 is 2.33 bits per heavy atom. The van der Waals surface area contributed by atoms with Crippen LogP contribution in [-0.4, -0.2) is 23.9 Å². The number of halogens is 1. The Labute approximate surface area is 113 Å². The van der Waals surface area contributed by atoms with E-state index in [1.165, 1.54) is 6.42 Å². The number of carbonyl (C=O) groups excluding carboxylic acids is 1. The van der Waals surface area contributed by atoms with Gasteiger partial charge in [-0.15, -0.1) is 0 Å². The van der Waals surface area contributed by atoms with Gasteiger partial charge < -0.3 is 10.6 Å². The maximum atomic E-state index is 12.4. The Morgan fingerprint density at radius 3 is 3.00 bits per heavy atom. The van der Waals surface area contributed by atoms with Crippen LogP contribution in [0.5, 0.6) is 0 Å². The molecule has 0 bridgehead atoms. The maximum Gasteiger partial charge on any atom is 0.253 e. The number of nitrogen functional groups attached to an aromatic ring is 1. The van der Waals surface area contributed by atoms with Crippen LogP contribution in [0.4, 0.5) is 5.69 Å². The lowest BCUT2D eigenvalue weighted by atomic mass is 9.95. The molecule has 1 aliphatic rings. The van der Waals surface area contributed by atoms with Crippen LogP contribution >= 0.6 is 11.6 Å². The monoisotopic (exact) mass is 266 g/mol. The molecule has 1 saturated heterocycles. The van der Waals surface area contributed by atoms with Gasteiger partial charge in [0.05, 0.1) is 10.7 Å². The number of hydrogen-bond donors (Lipinski definition) is 1. The van der Waals surface area contributed by atoms with E-state index in [-0.39, 0.29) is 5.91 Å². The molecular weight excluding hydrogens is 248 g/mol. The number of likely N-dealkylation sites (tertiary alicyclic amines) is 1. The zero-order valence-electron chi connectivity index (χ0n) is 10.7. The number of nitrogens with zero attached hydrogens (tertiary/aromatic N) is 1. The number of hydrogen-bond acceptors (Lipinski definition) is 2. The van der Waals surface area contributed by atoms with Gasteiger partial charge in [-0.3, -0.25) is 4.79 Å². The van der Waals surface area contributed by atoms with E-state index in [1.54, 1.807) is 18.2 Å². The normalized spacial score (nSPS) is 19.9. The van der Waals surface area contributed by atoms with E-state index in [2.05, 4.69) is 6.92 Å². The van der Waals surface area contributed by atoms with Crippen molar-refractivity contribution in [3.63, 3.8) is 0 Å². The molecule has 0 spiro atoms. The van der Waals surface area contributed by atoms with Crippen LogP contribution in [0.25, 0.3) is 0 Å². The number of rotatable bonds is 2. The molecule has 4 heteroatoms. The topological polar surface area (TPSA) is 46.3 Å². The molecule has 1 heterocycles. The molecule has 1 aromatic carbocycles. The van der Waals surface area contributed by atoms with Crippen molar-refractivity contribution in [1.82, 2.24) is 4.90 Å². The molecule has 2 rings (SSSR count). The largest absolute Gasteiger partial charge is 0.398 e. The van der Waals surface area contributed by atoms with Gasteiger partial charge in [-0.05, 0) is 37.0 Å². The molecular formula is C14H19ClN2O. The fourth-order valence-corrected chi connectivity index (χ4v) is 2.56. The molecule has 1 unspecified atom stereocenters. The summed E-state index contributed by atoms with van der Waals surface area (Å²) in [4.78, 5) is 14.3. The number of piperidine rings is 1. The van der Waals surface area contributed by atoms with Gasteiger partial charge in [0.15, 0.2) is 0 Å². The molecule has 2 N–H and O–H groups in total. The van der Waals surface area contributed by atoms with E-state index in [9.17, 15) is 4.79 Å². The van der Waals surface area contributed by atoms with Crippen molar-refractivity contribution in [1.29, 1.82) is 0 Å². The fourth-order valence-electron chi connectivity index (χ4n) is 2.44. The highest BCUT2D eigenvalue weighted by atomic mass is 35.5. The number of nitrogens with two attached hydrogens (primary N) is 1. The molecule has 1 aromatic rings. The van der Waals surface area contributed by atoms with Crippen LogP contribution in [0.2, 0.25) is 5.02 Å². The number of anilines is 1. The smallest absolute Gasteiger partial charge is 0.253 e. The van der Waals surface area contributed by atoms with Crippen molar-refractivity contribution in [2.45, 2.75) is 26.2 Å². The number of carbonyl (C=O) groups is 1. The van der Waals surface area contributed by atoms with Crippen LogP contribution in [0.1, 0.15) is 36.5 Å². The van der Waals surface area contributed by atoms with Gasteiger partial charge in [-0.2, -0.15) is 0 Å². The van der Waals surface area contributed by atoms with Crippen molar-refractivity contribution in [3.05, 3.63) is 28.8 Å². The van der Waals surface area contributed by atoms with Gasteiger partial charge >= 0.3 is 0 Å². The SMILES string of the molecule is CCC1CCCN(C(=O)c2ccc(Cl)c(N)c2)C1. The first-order valence-electron chi connectivity index (χ1n) is 6.46. The third-order valence-corrected chi connectivity index (χ3v) is 3.97. The minimum Gasteiger partial charge on any atom is -0.398 e. The summed E-state index contributed by atoms with van der Waals surface area (Å²) in [6.45, 7) is 3.88. The standard InChI is InChI=1S/C14H19ClN2O/c1-2-10-4-3-7-17(9-10)14(18)11-5-6-12(15)13(16)8-11/h5-6,8,10H,2-4,7,9,16H2,1H3. The van der Waals surface area contributed by atoms with Crippen LogP contribution < -0.4 is 5.73 Å². The Kier molecular flexibility index (Phi) is 4.12. The lowest BCUT2D eigenvalue weighted by Gasteiger charge is -2.32. The molecule has 0 radical (unpaired) electrons. The van der Waals surface area contributed by atoms with Gasteiger partial charge in [0.1, 0.15) is 0 Å². The first-order chi connectivity index (χ1) is 8.61. The van der Waals surface area contributed by atoms with E-state index in [0.29, 0.717) is 22.2 Å². The molecule has 0 aromatic heterocycles. The van der Waals surface area contributed by atoms with Gasteiger partial charge in [0.25, 0.3) is 5.91 Å². The second kappa shape index (κ2) is 5.61.